The van der Waals surface area contributed by atoms with Crippen LogP contribution in [0.15, 0.2) is 42.5 Å². The van der Waals surface area contributed by atoms with Crippen molar-refractivity contribution in [3.8, 4) is 0 Å². The highest BCUT2D eigenvalue weighted by Gasteiger charge is 2.37. The predicted molar refractivity (Wildman–Crippen MR) is 102 cm³/mol. The number of rotatable bonds is 5. The number of fused-ring (bicyclic) bond motifs is 1. The molecule has 1 N–H and O–H groups in total. The van der Waals surface area contributed by atoms with Crippen LogP contribution in [0.2, 0.25) is 0 Å². The van der Waals surface area contributed by atoms with Crippen LogP contribution in [0, 0.1) is 11.8 Å². The maximum Gasteiger partial charge on any atom is 0.306 e. The first-order valence-corrected chi connectivity index (χ1v) is 9.71. The largest absolute Gasteiger partial charge is 0.481 e. The van der Waals surface area contributed by atoms with Crippen molar-refractivity contribution in [1.29, 1.82) is 0 Å². The van der Waals surface area contributed by atoms with Crippen molar-refractivity contribution in [3.05, 3.63) is 48.0 Å². The molecule has 27 heavy (non-hydrogen) atoms. The summed E-state index contributed by atoms with van der Waals surface area (Å²) in [5.41, 5.74) is 1.17. The number of carboxylic acid groups (broad SMARTS) is 1. The van der Waals surface area contributed by atoms with Gasteiger partial charge in [-0.1, -0.05) is 42.5 Å². The molecule has 0 spiro atoms. The summed E-state index contributed by atoms with van der Waals surface area (Å²) in [5, 5.41) is 11.5. The zero-order valence-electron chi connectivity index (χ0n) is 15.3. The first-order valence-electron chi connectivity index (χ1n) is 9.71. The van der Waals surface area contributed by atoms with Gasteiger partial charge in [-0.05, 0) is 42.0 Å². The van der Waals surface area contributed by atoms with E-state index in [0.29, 0.717) is 45.4 Å². The van der Waals surface area contributed by atoms with E-state index in [-0.39, 0.29) is 23.8 Å². The molecule has 2 aromatic carbocycles. The second-order valence-electron chi connectivity index (χ2n) is 7.70. The minimum Gasteiger partial charge on any atom is -0.481 e. The molecule has 5 nitrogen and oxygen atoms in total. The van der Waals surface area contributed by atoms with Crippen LogP contribution in [0.3, 0.4) is 0 Å². The summed E-state index contributed by atoms with van der Waals surface area (Å²) >= 11 is 0. The number of carbonyl (C=O) groups is 2. The van der Waals surface area contributed by atoms with Gasteiger partial charge in [0.2, 0.25) is 5.91 Å². The van der Waals surface area contributed by atoms with Crippen LogP contribution in [-0.4, -0.2) is 41.1 Å². The Morgan fingerprint density at radius 3 is 2.37 bits per heavy atom. The molecule has 0 atom stereocenters. The number of carboxylic acids is 1. The Labute approximate surface area is 158 Å². The molecule has 1 aliphatic heterocycles. The number of aliphatic carboxylic acids is 1. The number of amides is 1. The van der Waals surface area contributed by atoms with Crippen molar-refractivity contribution in [3.63, 3.8) is 0 Å². The van der Waals surface area contributed by atoms with E-state index in [0.717, 1.165) is 0 Å². The molecule has 1 saturated carbocycles. The molecule has 1 aliphatic carbocycles. The molecule has 142 valence electrons. The average molecular weight is 367 g/mol. The summed E-state index contributed by atoms with van der Waals surface area (Å²) < 4.78 is 6.02. The van der Waals surface area contributed by atoms with Crippen LogP contribution in [0.5, 0.6) is 0 Å². The number of benzene rings is 2. The summed E-state index contributed by atoms with van der Waals surface area (Å²) in [6, 6.07) is 14.5. The van der Waals surface area contributed by atoms with Gasteiger partial charge in [0, 0.05) is 19.0 Å². The second-order valence-corrected chi connectivity index (χ2v) is 7.70. The molecule has 2 aromatic rings. The van der Waals surface area contributed by atoms with Crippen LogP contribution >= 0.6 is 0 Å². The lowest BCUT2D eigenvalue weighted by atomic mass is 9.81. The van der Waals surface area contributed by atoms with Gasteiger partial charge >= 0.3 is 5.97 Å². The van der Waals surface area contributed by atoms with E-state index in [1.54, 1.807) is 0 Å². The van der Waals surface area contributed by atoms with Crippen LogP contribution in [0.1, 0.15) is 31.2 Å². The highest BCUT2D eigenvalue weighted by Crippen LogP contribution is 2.31. The smallest absolute Gasteiger partial charge is 0.306 e. The van der Waals surface area contributed by atoms with Gasteiger partial charge in [-0.3, -0.25) is 9.59 Å². The van der Waals surface area contributed by atoms with Crippen LogP contribution in [0.25, 0.3) is 10.8 Å². The molecule has 2 fully saturated rings. The van der Waals surface area contributed by atoms with Gasteiger partial charge < -0.3 is 14.7 Å². The van der Waals surface area contributed by atoms with E-state index < -0.39 is 5.97 Å². The number of nitrogens with zero attached hydrogens (tertiary/aromatic N) is 1. The van der Waals surface area contributed by atoms with E-state index in [2.05, 4.69) is 24.3 Å². The van der Waals surface area contributed by atoms with Gasteiger partial charge in [0.25, 0.3) is 0 Å². The summed E-state index contributed by atoms with van der Waals surface area (Å²) in [5.74, 6) is -0.850. The van der Waals surface area contributed by atoms with Crippen molar-refractivity contribution in [2.24, 2.45) is 11.8 Å². The molecule has 5 heteroatoms. The Morgan fingerprint density at radius 1 is 0.963 bits per heavy atom. The lowest BCUT2D eigenvalue weighted by Crippen LogP contribution is -2.56. The van der Waals surface area contributed by atoms with Gasteiger partial charge in [-0.15, -0.1) is 0 Å². The highest BCUT2D eigenvalue weighted by molar-refractivity contribution is 5.85. The summed E-state index contributed by atoms with van der Waals surface area (Å²) in [6.07, 6.45) is 2.69. The van der Waals surface area contributed by atoms with Gasteiger partial charge in [0.05, 0.1) is 18.6 Å². The zero-order chi connectivity index (χ0) is 18.8. The predicted octanol–water partition coefficient (Wildman–Crippen LogP) is 3.46. The number of hydrogen-bond donors (Lipinski definition) is 1. The third-order valence-electron chi connectivity index (χ3n) is 5.94. The fourth-order valence-electron chi connectivity index (χ4n) is 4.19. The lowest BCUT2D eigenvalue weighted by Gasteiger charge is -2.41. The van der Waals surface area contributed by atoms with Gasteiger partial charge in [-0.25, -0.2) is 0 Å². The first kappa shape index (κ1) is 18.0. The SMILES string of the molecule is O=C(O)C1CCC(C(=O)N2CC(OCc3cccc4ccccc34)C2)CC1. The van der Waals surface area contributed by atoms with Crippen molar-refractivity contribution in [1.82, 2.24) is 4.90 Å². The van der Waals surface area contributed by atoms with Crippen molar-refractivity contribution < 1.29 is 19.4 Å². The summed E-state index contributed by atoms with van der Waals surface area (Å²) in [4.78, 5) is 25.5. The van der Waals surface area contributed by atoms with Crippen molar-refractivity contribution in [2.45, 2.75) is 38.4 Å². The molecular formula is C22H25NO4. The van der Waals surface area contributed by atoms with Crippen LogP contribution in [-0.2, 0) is 20.9 Å². The quantitative estimate of drug-likeness (QED) is 0.879. The summed E-state index contributed by atoms with van der Waals surface area (Å²) in [7, 11) is 0. The Kier molecular flexibility index (Phi) is 5.12. The molecule has 1 saturated heterocycles. The highest BCUT2D eigenvalue weighted by atomic mass is 16.5. The first-order chi connectivity index (χ1) is 13.1. The minimum absolute atomic E-state index is 0.0142. The Hall–Kier alpha value is -2.40. The maximum atomic E-state index is 12.6. The number of hydrogen-bond acceptors (Lipinski definition) is 3. The second kappa shape index (κ2) is 7.69. The van der Waals surface area contributed by atoms with Crippen LogP contribution in [0.4, 0.5) is 0 Å². The average Bonchev–Trinajstić information content (AvgIpc) is 2.66. The topological polar surface area (TPSA) is 66.8 Å². The molecule has 0 aromatic heterocycles. The third kappa shape index (κ3) is 3.83. The summed E-state index contributed by atoms with van der Waals surface area (Å²) in [6.45, 7) is 1.84. The Balaban J connectivity index is 1.25. The maximum absolute atomic E-state index is 12.6. The molecule has 1 amide bonds. The Morgan fingerprint density at radius 2 is 1.63 bits per heavy atom. The van der Waals surface area contributed by atoms with E-state index in [1.165, 1.54) is 16.3 Å². The molecule has 0 bridgehead atoms. The third-order valence-corrected chi connectivity index (χ3v) is 5.94. The molecule has 0 radical (unpaired) electrons. The fraction of sp³-hybridized carbons (Fsp3) is 0.455. The monoisotopic (exact) mass is 367 g/mol. The molecule has 0 unspecified atom stereocenters. The van der Waals surface area contributed by atoms with Crippen molar-refractivity contribution in [2.75, 3.05) is 13.1 Å². The molecule has 2 aliphatic rings. The van der Waals surface area contributed by atoms with E-state index in [9.17, 15) is 9.59 Å². The standard InChI is InChI=1S/C22H25NO4/c24-21(16-8-10-17(11-9-16)22(25)26)23-12-19(13-23)27-14-18-6-3-5-15-4-1-2-7-20(15)18/h1-7,16-17,19H,8-14H2,(H,25,26). The van der Waals surface area contributed by atoms with Gasteiger partial charge in [-0.2, -0.15) is 0 Å². The number of ether oxygens (including phenoxy) is 1. The minimum atomic E-state index is -0.730. The van der Waals surface area contributed by atoms with Crippen LogP contribution < -0.4 is 0 Å². The normalized spacial score (nSPS) is 23.2. The van der Waals surface area contributed by atoms with Gasteiger partial charge in [0.1, 0.15) is 0 Å². The molecule has 4 rings (SSSR count). The van der Waals surface area contributed by atoms with E-state index in [1.807, 2.05) is 23.1 Å². The lowest BCUT2D eigenvalue weighted by molar-refractivity contribution is -0.153. The van der Waals surface area contributed by atoms with E-state index >= 15 is 0 Å². The fourth-order valence-corrected chi connectivity index (χ4v) is 4.19. The zero-order valence-corrected chi connectivity index (χ0v) is 15.3. The van der Waals surface area contributed by atoms with E-state index in [4.69, 9.17) is 9.84 Å². The van der Waals surface area contributed by atoms with Crippen molar-refractivity contribution >= 4 is 22.6 Å². The molecule has 1 heterocycles. The number of likely N-dealkylation sites (tertiary alicyclic amines) is 1. The Bertz CT molecular complexity index is 830. The number of carbonyl (C=O) groups excluding carboxylic acids is 1. The molecular weight excluding hydrogens is 342 g/mol. The van der Waals surface area contributed by atoms with Gasteiger partial charge in [0.15, 0.2) is 0 Å².